The average Bonchev–Trinajstić information content (AvgIpc) is 2.41. The Balaban J connectivity index is 0. The highest BCUT2D eigenvalue weighted by molar-refractivity contribution is 7.84. The zero-order valence-electron chi connectivity index (χ0n) is 12.6. The summed E-state index contributed by atoms with van der Waals surface area (Å²) in [5, 5.41) is 3.81. The third-order valence-corrected chi connectivity index (χ3v) is 3.04. The van der Waals surface area contributed by atoms with Crippen molar-refractivity contribution in [1.29, 1.82) is 0 Å². The second-order valence-electron chi connectivity index (χ2n) is 3.29. The third-order valence-electron chi connectivity index (χ3n) is 1.94. The lowest BCUT2D eigenvalue weighted by Crippen LogP contribution is -2.07. The number of halogens is 1. The molecular weight excluding hydrogens is 280 g/mol. The molecule has 0 fully saturated rings. The van der Waals surface area contributed by atoms with Gasteiger partial charge in [0, 0.05) is 34.4 Å². The van der Waals surface area contributed by atoms with Crippen LogP contribution in [-0.4, -0.2) is 22.8 Å². The van der Waals surface area contributed by atoms with Gasteiger partial charge >= 0.3 is 0 Å². The number of anilines is 2. The summed E-state index contributed by atoms with van der Waals surface area (Å²) in [5.41, 5.74) is 7.27. The fourth-order valence-corrected chi connectivity index (χ4v) is 1.92. The van der Waals surface area contributed by atoms with Crippen LogP contribution in [0.4, 0.5) is 11.4 Å². The van der Waals surface area contributed by atoms with Crippen LogP contribution in [-0.2, 0) is 10.8 Å². The lowest BCUT2D eigenvalue weighted by Gasteiger charge is -2.08. The van der Waals surface area contributed by atoms with E-state index in [1.54, 1.807) is 18.4 Å². The van der Waals surface area contributed by atoms with E-state index in [0.29, 0.717) is 16.5 Å². The van der Waals surface area contributed by atoms with E-state index < -0.39 is 10.8 Å². The summed E-state index contributed by atoms with van der Waals surface area (Å²) in [6.07, 6.45) is 2.57. The van der Waals surface area contributed by atoms with Crippen molar-refractivity contribution >= 4 is 33.8 Å². The van der Waals surface area contributed by atoms with E-state index in [1.165, 1.54) is 0 Å². The van der Waals surface area contributed by atoms with Gasteiger partial charge in [-0.05, 0) is 24.6 Å². The molecular formula is C14H27ClN2OS. The zero-order chi connectivity index (χ0) is 15.3. The van der Waals surface area contributed by atoms with Crippen molar-refractivity contribution in [1.82, 2.24) is 0 Å². The van der Waals surface area contributed by atoms with E-state index in [1.807, 2.05) is 33.8 Å². The molecule has 19 heavy (non-hydrogen) atoms. The topological polar surface area (TPSA) is 55.1 Å². The fraction of sp³-hybridized carbons (Fsp3) is 0.571. The molecule has 0 aliphatic heterocycles. The molecule has 1 aromatic rings. The number of hydrogen-bond acceptors (Lipinski definition) is 3. The van der Waals surface area contributed by atoms with Crippen molar-refractivity contribution in [3.05, 3.63) is 23.2 Å². The minimum atomic E-state index is -0.725. The first-order valence-electron chi connectivity index (χ1n) is 6.68. The number of benzene rings is 1. The van der Waals surface area contributed by atoms with Gasteiger partial charge in [-0.2, -0.15) is 0 Å². The Morgan fingerprint density at radius 2 is 1.84 bits per heavy atom. The molecule has 0 amide bonds. The molecule has 0 aromatic heterocycles. The lowest BCUT2D eigenvalue weighted by atomic mass is 10.2. The van der Waals surface area contributed by atoms with Crippen LogP contribution >= 0.6 is 11.6 Å². The maximum atomic E-state index is 10.8. The van der Waals surface area contributed by atoms with Crippen LogP contribution in [0.5, 0.6) is 0 Å². The first-order valence-corrected chi connectivity index (χ1v) is 8.79. The van der Waals surface area contributed by atoms with Crippen molar-refractivity contribution < 1.29 is 4.21 Å². The van der Waals surface area contributed by atoms with Crippen molar-refractivity contribution in [3.63, 3.8) is 0 Å². The summed E-state index contributed by atoms with van der Waals surface area (Å²) >= 11 is 5.77. The molecule has 0 bridgehead atoms. The fourth-order valence-electron chi connectivity index (χ4n) is 1.19. The van der Waals surface area contributed by atoms with Crippen molar-refractivity contribution in [2.45, 2.75) is 34.1 Å². The van der Waals surface area contributed by atoms with Crippen molar-refractivity contribution in [2.24, 2.45) is 0 Å². The third kappa shape index (κ3) is 10.8. The summed E-state index contributed by atoms with van der Waals surface area (Å²) in [7, 11) is -0.725. The molecule has 3 N–H and O–H groups in total. The highest BCUT2D eigenvalue weighted by atomic mass is 35.5. The lowest BCUT2D eigenvalue weighted by molar-refractivity contribution is 0.685. The molecule has 1 atom stereocenters. The molecule has 0 heterocycles. The number of nitrogens with one attached hydrogen (secondary N) is 1. The second-order valence-corrected chi connectivity index (χ2v) is 5.28. The van der Waals surface area contributed by atoms with E-state index in [9.17, 15) is 4.21 Å². The van der Waals surface area contributed by atoms with Crippen molar-refractivity contribution in [3.8, 4) is 0 Å². The largest absolute Gasteiger partial charge is 0.397 e. The van der Waals surface area contributed by atoms with Crippen LogP contribution in [0.25, 0.3) is 0 Å². The molecule has 0 aliphatic rings. The van der Waals surface area contributed by atoms with Crippen LogP contribution in [0.2, 0.25) is 5.02 Å². The molecule has 0 aliphatic carbocycles. The molecule has 112 valence electrons. The SMILES string of the molecule is CC.CC.CS(=O)CCCNc1ccc(Cl)cc1N. The van der Waals surface area contributed by atoms with Crippen LogP contribution in [0.15, 0.2) is 18.2 Å². The van der Waals surface area contributed by atoms with E-state index in [4.69, 9.17) is 17.3 Å². The zero-order valence-corrected chi connectivity index (χ0v) is 14.2. The summed E-state index contributed by atoms with van der Waals surface area (Å²) in [6, 6.07) is 5.35. The van der Waals surface area contributed by atoms with Crippen molar-refractivity contribution in [2.75, 3.05) is 29.6 Å². The van der Waals surface area contributed by atoms with E-state index >= 15 is 0 Å². The molecule has 0 spiro atoms. The van der Waals surface area contributed by atoms with Crippen LogP contribution in [0.1, 0.15) is 34.1 Å². The molecule has 0 saturated carbocycles. The van der Waals surface area contributed by atoms with Gasteiger partial charge in [-0.25, -0.2) is 0 Å². The van der Waals surface area contributed by atoms with Gasteiger partial charge in [0.15, 0.2) is 0 Å². The van der Waals surface area contributed by atoms with E-state index in [2.05, 4.69) is 5.32 Å². The minimum absolute atomic E-state index is 0.632. The molecule has 1 rings (SSSR count). The van der Waals surface area contributed by atoms with Gasteiger partial charge in [-0.1, -0.05) is 39.3 Å². The Morgan fingerprint density at radius 3 is 2.32 bits per heavy atom. The summed E-state index contributed by atoms with van der Waals surface area (Å²) in [5.74, 6) is 0.709. The molecule has 5 heteroatoms. The van der Waals surface area contributed by atoms with Gasteiger partial charge in [-0.15, -0.1) is 0 Å². The maximum Gasteiger partial charge on any atom is 0.0574 e. The molecule has 0 saturated heterocycles. The predicted molar refractivity (Wildman–Crippen MR) is 90.6 cm³/mol. The predicted octanol–water partition coefficient (Wildman–Crippen LogP) is 4.16. The van der Waals surface area contributed by atoms with Crippen LogP contribution in [0.3, 0.4) is 0 Å². The quantitative estimate of drug-likeness (QED) is 0.634. The summed E-state index contributed by atoms with van der Waals surface area (Å²) < 4.78 is 10.8. The summed E-state index contributed by atoms with van der Waals surface area (Å²) in [4.78, 5) is 0. The first kappa shape index (κ1) is 20.6. The first-order chi connectivity index (χ1) is 9.09. The van der Waals surface area contributed by atoms with E-state index in [0.717, 1.165) is 18.7 Å². The van der Waals surface area contributed by atoms with Gasteiger partial charge in [0.05, 0.1) is 11.4 Å². The van der Waals surface area contributed by atoms with E-state index in [-0.39, 0.29) is 0 Å². The van der Waals surface area contributed by atoms with Gasteiger partial charge in [-0.3, -0.25) is 4.21 Å². The van der Waals surface area contributed by atoms with Gasteiger partial charge in [0.25, 0.3) is 0 Å². The van der Waals surface area contributed by atoms with Gasteiger partial charge in [0.2, 0.25) is 0 Å². The van der Waals surface area contributed by atoms with Crippen LogP contribution < -0.4 is 11.1 Å². The Kier molecular flexibility index (Phi) is 14.8. The number of nitrogens with two attached hydrogens (primary N) is 1. The number of hydrogen-bond donors (Lipinski definition) is 2. The highest BCUT2D eigenvalue weighted by Crippen LogP contribution is 2.22. The van der Waals surface area contributed by atoms with Gasteiger partial charge in [0.1, 0.15) is 0 Å². The molecule has 0 radical (unpaired) electrons. The normalized spacial score (nSPS) is 10.4. The molecule has 3 nitrogen and oxygen atoms in total. The van der Waals surface area contributed by atoms with Crippen LogP contribution in [0, 0.1) is 0 Å². The molecule has 1 aromatic carbocycles. The number of nitrogen functional groups attached to an aromatic ring is 1. The highest BCUT2D eigenvalue weighted by Gasteiger charge is 1.99. The Hall–Kier alpha value is -0.740. The Morgan fingerprint density at radius 1 is 1.26 bits per heavy atom. The second kappa shape index (κ2) is 13.7. The Bertz CT molecular complexity index is 359. The van der Waals surface area contributed by atoms with Gasteiger partial charge < -0.3 is 11.1 Å². The minimum Gasteiger partial charge on any atom is -0.397 e. The number of rotatable bonds is 5. The Labute approximate surface area is 125 Å². The maximum absolute atomic E-state index is 10.8. The molecule has 1 unspecified atom stereocenters. The standard InChI is InChI=1S/C10H15ClN2OS.2C2H6/c1-15(14)6-2-5-13-10-4-3-8(11)7-9(10)12;2*1-2/h3-4,7,13H,2,5-6,12H2,1H3;2*1-2H3. The monoisotopic (exact) mass is 306 g/mol. The average molecular weight is 307 g/mol. The summed E-state index contributed by atoms with van der Waals surface area (Å²) in [6.45, 7) is 8.77. The smallest absolute Gasteiger partial charge is 0.0574 e.